The molecule has 6 heteroatoms. The van der Waals surface area contributed by atoms with Crippen LogP contribution in [0.3, 0.4) is 0 Å². The number of likely N-dealkylation sites (tertiary alicyclic amines) is 1. The number of carbonyl (C=O) groups excluding carboxylic acids is 1. The maximum atomic E-state index is 12.3. The quantitative estimate of drug-likeness (QED) is 0.887. The summed E-state index contributed by atoms with van der Waals surface area (Å²) in [4.78, 5) is 25.6. The van der Waals surface area contributed by atoms with Crippen LogP contribution in [-0.2, 0) is 9.59 Å². The topological polar surface area (TPSA) is 66.8 Å². The number of hydrogen-bond acceptors (Lipinski definition) is 3. The standard InChI is InChI=1S/C16H18BrNO4/c17-12-4-1-5-13(7-12)22-9-14(19)18-8-11-3-2-6-16(11,10-18)15(20)21/h1,4-5,7,11H,2-3,6,8-10H2,(H,20,21)/t11-,16+/m0/s1. The lowest BCUT2D eigenvalue weighted by atomic mass is 9.81. The molecule has 0 spiro atoms. The van der Waals surface area contributed by atoms with E-state index in [1.54, 1.807) is 17.0 Å². The molecular formula is C16H18BrNO4. The molecule has 1 aromatic rings. The van der Waals surface area contributed by atoms with E-state index in [2.05, 4.69) is 15.9 Å². The van der Waals surface area contributed by atoms with Crippen molar-refractivity contribution in [2.75, 3.05) is 19.7 Å². The fourth-order valence-electron chi connectivity index (χ4n) is 3.62. The first kappa shape index (κ1) is 15.3. The molecule has 2 atom stereocenters. The Hall–Kier alpha value is -1.56. The average molecular weight is 368 g/mol. The van der Waals surface area contributed by atoms with E-state index in [0.717, 1.165) is 17.3 Å². The molecule has 1 aromatic carbocycles. The second-order valence-electron chi connectivity index (χ2n) is 6.07. The predicted octanol–water partition coefficient (Wildman–Crippen LogP) is 2.54. The maximum Gasteiger partial charge on any atom is 0.311 e. The minimum absolute atomic E-state index is 0.0567. The van der Waals surface area contributed by atoms with Gasteiger partial charge in [0, 0.05) is 17.6 Å². The van der Waals surface area contributed by atoms with Crippen LogP contribution in [-0.4, -0.2) is 41.6 Å². The second kappa shape index (κ2) is 5.91. The fourth-order valence-corrected chi connectivity index (χ4v) is 4.00. The fraction of sp³-hybridized carbons (Fsp3) is 0.500. The van der Waals surface area contributed by atoms with E-state index in [9.17, 15) is 14.7 Å². The van der Waals surface area contributed by atoms with Gasteiger partial charge in [0.15, 0.2) is 6.61 Å². The lowest BCUT2D eigenvalue weighted by molar-refractivity contribution is -0.149. The number of ether oxygens (including phenoxy) is 1. The summed E-state index contributed by atoms with van der Waals surface area (Å²) < 4.78 is 6.39. The van der Waals surface area contributed by atoms with Gasteiger partial charge < -0.3 is 14.7 Å². The van der Waals surface area contributed by atoms with Crippen molar-refractivity contribution in [3.63, 3.8) is 0 Å². The highest BCUT2D eigenvalue weighted by atomic mass is 79.9. The molecule has 3 rings (SSSR count). The molecular weight excluding hydrogens is 350 g/mol. The number of aliphatic carboxylic acids is 1. The molecule has 1 heterocycles. The summed E-state index contributed by atoms with van der Waals surface area (Å²) in [6.45, 7) is 0.791. The Labute approximate surface area is 137 Å². The third kappa shape index (κ3) is 2.72. The van der Waals surface area contributed by atoms with Crippen molar-refractivity contribution < 1.29 is 19.4 Å². The van der Waals surface area contributed by atoms with Gasteiger partial charge in [-0.15, -0.1) is 0 Å². The van der Waals surface area contributed by atoms with Crippen LogP contribution in [0.5, 0.6) is 5.75 Å². The first-order valence-electron chi connectivity index (χ1n) is 7.41. The van der Waals surface area contributed by atoms with E-state index in [1.807, 2.05) is 12.1 Å². The first-order valence-corrected chi connectivity index (χ1v) is 8.20. The van der Waals surface area contributed by atoms with Crippen molar-refractivity contribution in [2.24, 2.45) is 11.3 Å². The number of rotatable bonds is 4. The van der Waals surface area contributed by atoms with Gasteiger partial charge >= 0.3 is 5.97 Å². The van der Waals surface area contributed by atoms with Crippen LogP contribution >= 0.6 is 15.9 Å². The predicted molar refractivity (Wildman–Crippen MR) is 83.6 cm³/mol. The highest BCUT2D eigenvalue weighted by molar-refractivity contribution is 9.10. The van der Waals surface area contributed by atoms with Crippen molar-refractivity contribution >= 4 is 27.8 Å². The van der Waals surface area contributed by atoms with E-state index < -0.39 is 11.4 Å². The number of hydrogen-bond donors (Lipinski definition) is 1. The maximum absolute atomic E-state index is 12.3. The lowest BCUT2D eigenvalue weighted by Crippen LogP contribution is -2.38. The van der Waals surface area contributed by atoms with Gasteiger partial charge in [0.1, 0.15) is 5.75 Å². The van der Waals surface area contributed by atoms with Gasteiger partial charge in [-0.05, 0) is 37.0 Å². The van der Waals surface area contributed by atoms with Gasteiger partial charge in [0.2, 0.25) is 0 Å². The van der Waals surface area contributed by atoms with Crippen LogP contribution in [0.25, 0.3) is 0 Å². The van der Waals surface area contributed by atoms with Crippen molar-refractivity contribution in [3.8, 4) is 5.75 Å². The van der Waals surface area contributed by atoms with Gasteiger partial charge in [0.25, 0.3) is 5.91 Å². The van der Waals surface area contributed by atoms with E-state index in [-0.39, 0.29) is 18.4 Å². The zero-order valence-electron chi connectivity index (χ0n) is 12.1. The second-order valence-corrected chi connectivity index (χ2v) is 6.99. The third-order valence-corrected chi connectivity index (χ3v) is 5.30. The Bertz CT molecular complexity index is 606. The van der Waals surface area contributed by atoms with Crippen LogP contribution in [0.2, 0.25) is 0 Å². The van der Waals surface area contributed by atoms with Gasteiger partial charge in [-0.2, -0.15) is 0 Å². The van der Waals surface area contributed by atoms with E-state index in [1.165, 1.54) is 0 Å². The minimum atomic E-state index is -0.766. The molecule has 1 aliphatic carbocycles. The molecule has 5 nitrogen and oxygen atoms in total. The monoisotopic (exact) mass is 367 g/mol. The number of amides is 1. The summed E-state index contributed by atoms with van der Waals surface area (Å²) in [5.74, 6) is -0.205. The number of halogens is 1. The molecule has 118 valence electrons. The van der Waals surface area contributed by atoms with Crippen LogP contribution in [0.15, 0.2) is 28.7 Å². The minimum Gasteiger partial charge on any atom is -0.484 e. The van der Waals surface area contributed by atoms with Crippen LogP contribution in [0, 0.1) is 11.3 Å². The third-order valence-electron chi connectivity index (χ3n) is 4.81. The van der Waals surface area contributed by atoms with Crippen molar-refractivity contribution in [2.45, 2.75) is 19.3 Å². The first-order chi connectivity index (χ1) is 10.5. The molecule has 0 radical (unpaired) electrons. The number of nitrogens with zero attached hydrogens (tertiary/aromatic N) is 1. The van der Waals surface area contributed by atoms with Crippen molar-refractivity contribution in [1.29, 1.82) is 0 Å². The normalized spacial score (nSPS) is 26.8. The van der Waals surface area contributed by atoms with Gasteiger partial charge in [0.05, 0.1) is 5.41 Å². The highest BCUT2D eigenvalue weighted by Gasteiger charge is 2.55. The van der Waals surface area contributed by atoms with Gasteiger partial charge in [-0.1, -0.05) is 28.4 Å². The zero-order valence-corrected chi connectivity index (χ0v) is 13.7. The van der Waals surface area contributed by atoms with E-state index in [0.29, 0.717) is 25.3 Å². The number of carboxylic acid groups (broad SMARTS) is 1. The summed E-state index contributed by atoms with van der Waals surface area (Å²) in [6, 6.07) is 7.30. The van der Waals surface area contributed by atoms with Crippen LogP contribution < -0.4 is 4.74 Å². The number of fused-ring (bicyclic) bond motifs is 1. The Morgan fingerprint density at radius 3 is 2.95 bits per heavy atom. The highest BCUT2D eigenvalue weighted by Crippen LogP contribution is 2.48. The summed E-state index contributed by atoms with van der Waals surface area (Å²) >= 11 is 3.35. The largest absolute Gasteiger partial charge is 0.484 e. The van der Waals surface area contributed by atoms with Gasteiger partial charge in [-0.25, -0.2) is 0 Å². The molecule has 1 amide bonds. The average Bonchev–Trinajstić information content (AvgIpc) is 3.02. The summed E-state index contributed by atoms with van der Waals surface area (Å²) in [7, 11) is 0. The Morgan fingerprint density at radius 1 is 1.45 bits per heavy atom. The molecule has 0 bridgehead atoms. The summed E-state index contributed by atoms with van der Waals surface area (Å²) in [6.07, 6.45) is 2.50. The van der Waals surface area contributed by atoms with Gasteiger partial charge in [-0.3, -0.25) is 9.59 Å². The number of carboxylic acids is 1. The van der Waals surface area contributed by atoms with Crippen LogP contribution in [0.4, 0.5) is 0 Å². The molecule has 1 saturated carbocycles. The molecule has 1 aliphatic heterocycles. The Morgan fingerprint density at radius 2 is 2.27 bits per heavy atom. The molecule has 2 aliphatic rings. The van der Waals surface area contributed by atoms with E-state index >= 15 is 0 Å². The lowest BCUT2D eigenvalue weighted by Gasteiger charge is -2.23. The summed E-state index contributed by atoms with van der Waals surface area (Å²) in [5.41, 5.74) is -0.731. The molecule has 22 heavy (non-hydrogen) atoms. The molecule has 0 aromatic heterocycles. The molecule has 0 unspecified atom stereocenters. The van der Waals surface area contributed by atoms with E-state index in [4.69, 9.17) is 4.74 Å². The van der Waals surface area contributed by atoms with Crippen molar-refractivity contribution in [1.82, 2.24) is 4.90 Å². The molecule has 1 saturated heterocycles. The Balaban J connectivity index is 1.61. The SMILES string of the molecule is O=C(COc1cccc(Br)c1)N1C[C@@H]2CCC[C@@]2(C(=O)O)C1. The molecule has 1 N–H and O–H groups in total. The Kier molecular flexibility index (Phi) is 4.12. The summed E-state index contributed by atoms with van der Waals surface area (Å²) in [5, 5.41) is 9.54. The molecule has 2 fully saturated rings. The number of carbonyl (C=O) groups is 2. The number of benzene rings is 1. The van der Waals surface area contributed by atoms with Crippen LogP contribution in [0.1, 0.15) is 19.3 Å². The smallest absolute Gasteiger partial charge is 0.311 e. The zero-order chi connectivity index (χ0) is 15.7. The van der Waals surface area contributed by atoms with Crippen molar-refractivity contribution in [3.05, 3.63) is 28.7 Å².